The van der Waals surface area contributed by atoms with Gasteiger partial charge in [-0.15, -0.1) is 0 Å². The Morgan fingerprint density at radius 1 is 1.50 bits per heavy atom. The molecule has 0 aromatic carbocycles. The predicted octanol–water partition coefficient (Wildman–Crippen LogP) is 2.75. The maximum Gasteiger partial charge on any atom is 0.433 e. The second-order valence-corrected chi connectivity index (χ2v) is 5.07. The van der Waals surface area contributed by atoms with Gasteiger partial charge in [0.2, 0.25) is 0 Å². The van der Waals surface area contributed by atoms with Gasteiger partial charge in [0, 0.05) is 11.8 Å². The number of rotatable bonds is 6. The Kier molecular flexibility index (Phi) is 5.67. The standard InChI is InChI=1S/C12H16F3N3OS/c1-3-7(6-20-2)17-11-8(10(16)19)4-5-9(18-11)12(13,14)15/h4-5,7H,3,6H2,1-2H3,(H2,16,19)(H,17,18). The van der Waals surface area contributed by atoms with Gasteiger partial charge >= 0.3 is 6.18 Å². The molecular formula is C12H16F3N3OS. The van der Waals surface area contributed by atoms with E-state index in [4.69, 9.17) is 5.73 Å². The van der Waals surface area contributed by atoms with Crippen molar-refractivity contribution in [3.63, 3.8) is 0 Å². The first-order valence-corrected chi connectivity index (χ1v) is 7.32. The van der Waals surface area contributed by atoms with Gasteiger partial charge in [-0.1, -0.05) is 6.92 Å². The molecule has 0 fully saturated rings. The van der Waals surface area contributed by atoms with E-state index in [0.29, 0.717) is 12.2 Å². The monoisotopic (exact) mass is 307 g/mol. The minimum Gasteiger partial charge on any atom is -0.366 e. The zero-order chi connectivity index (χ0) is 15.3. The van der Waals surface area contributed by atoms with Crippen LogP contribution < -0.4 is 11.1 Å². The van der Waals surface area contributed by atoms with Gasteiger partial charge in [-0.2, -0.15) is 24.9 Å². The van der Waals surface area contributed by atoms with Crippen molar-refractivity contribution >= 4 is 23.5 Å². The molecule has 4 nitrogen and oxygen atoms in total. The summed E-state index contributed by atoms with van der Waals surface area (Å²) < 4.78 is 38.0. The molecule has 1 amide bonds. The highest BCUT2D eigenvalue weighted by Gasteiger charge is 2.33. The number of halogens is 3. The number of pyridine rings is 1. The van der Waals surface area contributed by atoms with E-state index in [2.05, 4.69) is 10.3 Å². The SMILES string of the molecule is CCC(CSC)Nc1nc(C(F)(F)F)ccc1C(N)=O. The molecule has 3 N–H and O–H groups in total. The number of primary amides is 1. The average molecular weight is 307 g/mol. The molecule has 0 saturated carbocycles. The van der Waals surface area contributed by atoms with Crippen LogP contribution in [0.4, 0.5) is 19.0 Å². The number of alkyl halides is 3. The van der Waals surface area contributed by atoms with E-state index in [1.54, 1.807) is 11.8 Å². The van der Waals surface area contributed by atoms with Gasteiger partial charge in [-0.25, -0.2) is 4.98 Å². The number of carbonyl (C=O) groups excluding carboxylic acids is 1. The molecule has 0 bridgehead atoms. The van der Waals surface area contributed by atoms with Gasteiger partial charge in [0.25, 0.3) is 5.91 Å². The lowest BCUT2D eigenvalue weighted by atomic mass is 10.2. The van der Waals surface area contributed by atoms with Gasteiger partial charge in [-0.05, 0) is 24.8 Å². The molecule has 1 heterocycles. The van der Waals surface area contributed by atoms with Crippen molar-refractivity contribution in [2.45, 2.75) is 25.6 Å². The van der Waals surface area contributed by atoms with Crippen molar-refractivity contribution in [2.24, 2.45) is 5.73 Å². The Morgan fingerprint density at radius 2 is 2.15 bits per heavy atom. The molecule has 0 radical (unpaired) electrons. The molecule has 1 aromatic heterocycles. The number of amides is 1. The molecule has 0 aliphatic carbocycles. The Labute approximate surface area is 119 Å². The van der Waals surface area contributed by atoms with Crippen molar-refractivity contribution in [1.82, 2.24) is 4.98 Å². The van der Waals surface area contributed by atoms with Gasteiger partial charge in [-0.3, -0.25) is 4.79 Å². The second-order valence-electron chi connectivity index (χ2n) is 4.16. The molecule has 0 spiro atoms. The number of carbonyl (C=O) groups is 1. The third kappa shape index (κ3) is 4.29. The average Bonchev–Trinajstić information content (AvgIpc) is 2.36. The molecule has 112 valence electrons. The van der Waals surface area contributed by atoms with Crippen molar-refractivity contribution in [1.29, 1.82) is 0 Å². The van der Waals surface area contributed by atoms with Crippen LogP contribution in [-0.4, -0.2) is 28.9 Å². The summed E-state index contributed by atoms with van der Waals surface area (Å²) in [7, 11) is 0. The van der Waals surface area contributed by atoms with Crippen molar-refractivity contribution in [2.75, 3.05) is 17.3 Å². The third-order valence-corrected chi connectivity index (χ3v) is 3.39. The maximum absolute atomic E-state index is 12.7. The number of hydrogen-bond acceptors (Lipinski definition) is 4. The molecule has 8 heteroatoms. The molecule has 1 rings (SSSR count). The van der Waals surface area contributed by atoms with E-state index < -0.39 is 17.8 Å². The Morgan fingerprint density at radius 3 is 2.60 bits per heavy atom. The zero-order valence-corrected chi connectivity index (χ0v) is 11.9. The van der Waals surface area contributed by atoms with E-state index in [-0.39, 0.29) is 17.4 Å². The first-order chi connectivity index (χ1) is 9.29. The molecule has 1 aromatic rings. The maximum atomic E-state index is 12.7. The van der Waals surface area contributed by atoms with Crippen LogP contribution in [0.1, 0.15) is 29.4 Å². The number of aromatic nitrogens is 1. The third-order valence-electron chi connectivity index (χ3n) is 2.65. The summed E-state index contributed by atoms with van der Waals surface area (Å²) in [6, 6.07) is 1.71. The fraction of sp³-hybridized carbons (Fsp3) is 0.500. The van der Waals surface area contributed by atoms with E-state index in [1.807, 2.05) is 13.2 Å². The first kappa shape index (κ1) is 16.6. The van der Waals surface area contributed by atoms with Crippen LogP contribution in [0.3, 0.4) is 0 Å². The minimum atomic E-state index is -4.56. The van der Waals surface area contributed by atoms with Gasteiger partial charge in [0.15, 0.2) is 0 Å². The van der Waals surface area contributed by atoms with Crippen LogP contribution in [0.25, 0.3) is 0 Å². The summed E-state index contributed by atoms with van der Waals surface area (Å²) in [6.45, 7) is 1.89. The Hall–Kier alpha value is -1.44. The number of nitrogens with one attached hydrogen (secondary N) is 1. The molecule has 20 heavy (non-hydrogen) atoms. The Bertz CT molecular complexity index is 480. The van der Waals surface area contributed by atoms with Crippen molar-refractivity contribution < 1.29 is 18.0 Å². The van der Waals surface area contributed by atoms with Crippen LogP contribution >= 0.6 is 11.8 Å². The van der Waals surface area contributed by atoms with Gasteiger partial charge in [0.05, 0.1) is 5.56 Å². The zero-order valence-electron chi connectivity index (χ0n) is 11.1. The lowest BCUT2D eigenvalue weighted by molar-refractivity contribution is -0.141. The van der Waals surface area contributed by atoms with E-state index in [0.717, 1.165) is 12.1 Å². The Balaban J connectivity index is 3.15. The largest absolute Gasteiger partial charge is 0.433 e. The summed E-state index contributed by atoms with van der Waals surface area (Å²) >= 11 is 1.55. The summed E-state index contributed by atoms with van der Waals surface area (Å²) in [5.41, 5.74) is 4.06. The smallest absolute Gasteiger partial charge is 0.366 e. The highest BCUT2D eigenvalue weighted by atomic mass is 32.2. The lowest BCUT2D eigenvalue weighted by Crippen LogP contribution is -2.26. The second kappa shape index (κ2) is 6.83. The fourth-order valence-electron chi connectivity index (χ4n) is 1.58. The molecular weight excluding hydrogens is 291 g/mol. The lowest BCUT2D eigenvalue weighted by Gasteiger charge is -2.19. The highest BCUT2D eigenvalue weighted by Crippen LogP contribution is 2.29. The van der Waals surface area contributed by atoms with E-state index in [1.165, 1.54) is 0 Å². The fourth-order valence-corrected chi connectivity index (χ4v) is 2.30. The van der Waals surface area contributed by atoms with Crippen molar-refractivity contribution in [3.05, 3.63) is 23.4 Å². The first-order valence-electron chi connectivity index (χ1n) is 5.93. The van der Waals surface area contributed by atoms with E-state index in [9.17, 15) is 18.0 Å². The predicted molar refractivity (Wildman–Crippen MR) is 73.8 cm³/mol. The summed E-state index contributed by atoms with van der Waals surface area (Å²) in [5.74, 6) is -0.243. The molecule has 1 atom stereocenters. The number of thioether (sulfide) groups is 1. The van der Waals surface area contributed by atoms with Crippen LogP contribution in [-0.2, 0) is 6.18 Å². The molecule has 0 aliphatic heterocycles. The minimum absolute atomic E-state index is 0.0439. The summed E-state index contributed by atoms with van der Waals surface area (Å²) in [6.07, 6.45) is -1.98. The summed E-state index contributed by atoms with van der Waals surface area (Å²) in [4.78, 5) is 14.8. The van der Waals surface area contributed by atoms with Gasteiger partial charge in [0.1, 0.15) is 11.5 Å². The number of hydrogen-bond donors (Lipinski definition) is 2. The molecule has 0 saturated heterocycles. The number of anilines is 1. The molecule has 1 unspecified atom stereocenters. The van der Waals surface area contributed by atoms with Crippen LogP contribution in [0, 0.1) is 0 Å². The van der Waals surface area contributed by atoms with E-state index >= 15 is 0 Å². The van der Waals surface area contributed by atoms with Gasteiger partial charge < -0.3 is 11.1 Å². The topological polar surface area (TPSA) is 68.0 Å². The number of nitrogens with zero attached hydrogens (tertiary/aromatic N) is 1. The summed E-state index contributed by atoms with van der Waals surface area (Å²) in [5, 5.41) is 2.86. The highest BCUT2D eigenvalue weighted by molar-refractivity contribution is 7.98. The van der Waals surface area contributed by atoms with Crippen molar-refractivity contribution in [3.8, 4) is 0 Å². The number of nitrogens with two attached hydrogens (primary N) is 1. The molecule has 0 aliphatic rings. The quantitative estimate of drug-likeness (QED) is 0.848. The van der Waals surface area contributed by atoms with Crippen LogP contribution in [0.2, 0.25) is 0 Å². The normalized spacial score (nSPS) is 13.1. The van der Waals surface area contributed by atoms with Crippen LogP contribution in [0.5, 0.6) is 0 Å². The van der Waals surface area contributed by atoms with Crippen LogP contribution in [0.15, 0.2) is 12.1 Å².